The van der Waals surface area contributed by atoms with E-state index in [1.54, 1.807) is 22.6 Å². The van der Waals surface area contributed by atoms with Crippen LogP contribution in [0.1, 0.15) is 29.9 Å². The van der Waals surface area contributed by atoms with Crippen LogP contribution >= 0.6 is 22.6 Å². The van der Waals surface area contributed by atoms with Crippen LogP contribution in [0.25, 0.3) is 0 Å². The number of nitrogens with two attached hydrogens (primary N) is 1. The van der Waals surface area contributed by atoms with Crippen molar-refractivity contribution in [3.8, 4) is 0 Å². The lowest BCUT2D eigenvalue weighted by Gasteiger charge is -2.14. The summed E-state index contributed by atoms with van der Waals surface area (Å²) in [6.07, 6.45) is -2.72. The number of hydrogen-bond donors (Lipinski definition) is 1. The molecule has 1 aliphatic rings. The Hall–Kier alpha value is -0.530. The van der Waals surface area contributed by atoms with Crippen LogP contribution < -0.4 is 5.73 Å². The molecule has 1 saturated carbocycles. The molecule has 0 unspecified atom stereocenters. The topological polar surface area (TPSA) is 38.9 Å². The Kier molecular flexibility index (Phi) is 2.56. The molecule has 1 heterocycles. The second-order valence-electron chi connectivity index (χ2n) is 3.57. The number of nitrogen functional groups attached to an aromatic ring is 1. The second kappa shape index (κ2) is 3.50. The van der Waals surface area contributed by atoms with E-state index in [-0.39, 0.29) is 15.4 Å². The largest absolute Gasteiger partial charge is 0.419 e. The minimum absolute atomic E-state index is 0.0143. The fraction of sp³-hybridized carbons (Fsp3) is 0.444. The van der Waals surface area contributed by atoms with E-state index in [2.05, 4.69) is 4.98 Å². The molecule has 0 spiro atoms. The molecule has 1 fully saturated rings. The molecule has 0 saturated heterocycles. The van der Waals surface area contributed by atoms with Crippen LogP contribution in [0.15, 0.2) is 6.07 Å². The maximum Gasteiger partial charge on any atom is 0.419 e. The minimum Gasteiger partial charge on any atom is -0.384 e. The molecular weight excluding hydrogens is 320 g/mol. The van der Waals surface area contributed by atoms with E-state index in [0.717, 1.165) is 12.8 Å². The Morgan fingerprint density at radius 3 is 2.47 bits per heavy atom. The molecule has 2 nitrogen and oxygen atoms in total. The van der Waals surface area contributed by atoms with E-state index in [4.69, 9.17) is 5.73 Å². The van der Waals surface area contributed by atoms with Gasteiger partial charge in [-0.05, 0) is 53.0 Å². The monoisotopic (exact) mass is 328 g/mol. The molecule has 0 amide bonds. The lowest BCUT2D eigenvalue weighted by atomic mass is 10.1. The molecule has 0 radical (unpaired) electrons. The number of hydrogen-bond acceptors (Lipinski definition) is 2. The highest BCUT2D eigenvalue weighted by molar-refractivity contribution is 14.1. The predicted molar refractivity (Wildman–Crippen MR) is 58.3 cm³/mol. The van der Waals surface area contributed by atoms with Crippen molar-refractivity contribution in [3.05, 3.63) is 20.9 Å². The van der Waals surface area contributed by atoms with E-state index in [9.17, 15) is 13.2 Å². The smallest absolute Gasteiger partial charge is 0.384 e. The summed E-state index contributed by atoms with van der Waals surface area (Å²) < 4.78 is 38.2. The van der Waals surface area contributed by atoms with Crippen LogP contribution in [0.5, 0.6) is 0 Å². The van der Waals surface area contributed by atoms with Gasteiger partial charge >= 0.3 is 6.18 Å². The normalized spacial score (nSPS) is 16.8. The molecule has 15 heavy (non-hydrogen) atoms. The van der Waals surface area contributed by atoms with Crippen molar-refractivity contribution >= 4 is 28.4 Å². The lowest BCUT2D eigenvalue weighted by Crippen LogP contribution is -2.13. The van der Waals surface area contributed by atoms with Crippen molar-refractivity contribution in [3.63, 3.8) is 0 Å². The van der Waals surface area contributed by atoms with Crippen LogP contribution in [0, 0.1) is 3.70 Å². The molecule has 1 aliphatic carbocycles. The number of rotatable bonds is 1. The zero-order valence-electron chi connectivity index (χ0n) is 7.61. The van der Waals surface area contributed by atoms with E-state index in [1.165, 1.54) is 6.07 Å². The fourth-order valence-corrected chi connectivity index (χ4v) is 2.44. The summed E-state index contributed by atoms with van der Waals surface area (Å²) in [7, 11) is 0. The number of aromatic nitrogens is 1. The Morgan fingerprint density at radius 2 is 2.00 bits per heavy atom. The number of pyridine rings is 1. The minimum atomic E-state index is -4.34. The summed E-state index contributed by atoms with van der Waals surface area (Å²) in [6.45, 7) is 0. The fourth-order valence-electron chi connectivity index (χ4n) is 1.55. The van der Waals surface area contributed by atoms with Crippen LogP contribution in [0.4, 0.5) is 19.0 Å². The van der Waals surface area contributed by atoms with Crippen LogP contribution in [-0.4, -0.2) is 4.98 Å². The van der Waals surface area contributed by atoms with Gasteiger partial charge in [-0.15, -0.1) is 0 Å². The molecule has 0 atom stereocenters. The third-order valence-electron chi connectivity index (χ3n) is 2.33. The van der Waals surface area contributed by atoms with Gasteiger partial charge in [0.15, 0.2) is 0 Å². The van der Waals surface area contributed by atoms with Crippen molar-refractivity contribution in [2.75, 3.05) is 5.73 Å². The van der Waals surface area contributed by atoms with E-state index in [1.807, 2.05) is 0 Å². The summed E-state index contributed by atoms with van der Waals surface area (Å²) in [5.74, 6) is 0.176. The van der Waals surface area contributed by atoms with Gasteiger partial charge in [0.1, 0.15) is 9.52 Å². The number of anilines is 1. The molecule has 6 heteroatoms. The lowest BCUT2D eigenvalue weighted by molar-refractivity contribution is -0.139. The SMILES string of the molecule is Nc1cc(C2CC2)c(C(F)(F)F)c(I)n1. The quantitative estimate of drug-likeness (QED) is 0.635. The summed E-state index contributed by atoms with van der Waals surface area (Å²) in [5, 5.41) is 0. The molecule has 1 aromatic heterocycles. The average Bonchev–Trinajstić information content (AvgIpc) is 2.80. The van der Waals surface area contributed by atoms with E-state index < -0.39 is 11.7 Å². The number of nitrogens with zero attached hydrogens (tertiary/aromatic N) is 1. The van der Waals surface area contributed by atoms with Gasteiger partial charge < -0.3 is 5.73 Å². The maximum atomic E-state index is 12.7. The molecule has 0 bridgehead atoms. The zero-order chi connectivity index (χ0) is 11.2. The highest BCUT2D eigenvalue weighted by Gasteiger charge is 2.40. The average molecular weight is 328 g/mol. The highest BCUT2D eigenvalue weighted by Crippen LogP contribution is 2.47. The van der Waals surface area contributed by atoms with Gasteiger partial charge in [0.25, 0.3) is 0 Å². The van der Waals surface area contributed by atoms with Crippen molar-refractivity contribution in [1.29, 1.82) is 0 Å². The third-order valence-corrected chi connectivity index (χ3v) is 3.11. The Labute approximate surface area is 98.2 Å². The predicted octanol–water partition coefficient (Wildman–Crippen LogP) is 3.16. The van der Waals surface area contributed by atoms with Gasteiger partial charge in [0.2, 0.25) is 0 Å². The van der Waals surface area contributed by atoms with Crippen LogP contribution in [-0.2, 0) is 6.18 Å². The van der Waals surface area contributed by atoms with Gasteiger partial charge in [0, 0.05) is 0 Å². The van der Waals surface area contributed by atoms with Gasteiger partial charge in [-0.3, -0.25) is 0 Å². The molecular formula is C9H8F3IN2. The third kappa shape index (κ3) is 2.19. The zero-order valence-corrected chi connectivity index (χ0v) is 9.76. The Balaban J connectivity index is 2.59. The van der Waals surface area contributed by atoms with E-state index >= 15 is 0 Å². The molecule has 82 valence electrons. The van der Waals surface area contributed by atoms with Crippen molar-refractivity contribution in [1.82, 2.24) is 4.98 Å². The summed E-state index contributed by atoms with van der Waals surface area (Å²) >= 11 is 1.59. The highest BCUT2D eigenvalue weighted by atomic mass is 127. The maximum absolute atomic E-state index is 12.7. The van der Waals surface area contributed by atoms with Gasteiger partial charge in [-0.2, -0.15) is 13.2 Å². The standard InChI is InChI=1S/C9H8F3IN2/c10-9(11,12)7-5(4-1-2-4)3-6(14)15-8(7)13/h3-4H,1-2H2,(H2,14,15). The molecule has 1 aromatic rings. The molecule has 2 rings (SSSR count). The number of alkyl halides is 3. The van der Waals surface area contributed by atoms with Crippen molar-refractivity contribution in [2.24, 2.45) is 0 Å². The summed E-state index contributed by atoms with van der Waals surface area (Å²) in [5.41, 5.74) is 5.15. The van der Waals surface area contributed by atoms with Gasteiger partial charge in [-0.25, -0.2) is 4.98 Å². The first-order valence-corrected chi connectivity index (χ1v) is 5.50. The van der Waals surface area contributed by atoms with Gasteiger partial charge in [-0.1, -0.05) is 0 Å². The second-order valence-corrected chi connectivity index (χ2v) is 4.60. The van der Waals surface area contributed by atoms with Gasteiger partial charge in [0.05, 0.1) is 5.56 Å². The van der Waals surface area contributed by atoms with E-state index in [0.29, 0.717) is 5.56 Å². The number of halogens is 4. The van der Waals surface area contributed by atoms with Crippen molar-refractivity contribution < 1.29 is 13.2 Å². The van der Waals surface area contributed by atoms with Crippen molar-refractivity contribution in [2.45, 2.75) is 24.9 Å². The Bertz CT molecular complexity index is 399. The summed E-state index contributed by atoms with van der Waals surface area (Å²) in [6, 6.07) is 1.35. The first-order chi connectivity index (χ1) is 6.89. The first-order valence-electron chi connectivity index (χ1n) is 4.42. The summed E-state index contributed by atoms with van der Waals surface area (Å²) in [4.78, 5) is 3.66. The molecule has 0 aliphatic heterocycles. The first kappa shape index (κ1) is 11.0. The van der Waals surface area contributed by atoms with Crippen LogP contribution in [0.2, 0.25) is 0 Å². The molecule has 0 aromatic carbocycles. The van der Waals surface area contributed by atoms with Crippen LogP contribution in [0.3, 0.4) is 0 Å². The molecule has 2 N–H and O–H groups in total. The Morgan fingerprint density at radius 1 is 1.40 bits per heavy atom.